The van der Waals surface area contributed by atoms with Crippen LogP contribution in [0.25, 0.3) is 0 Å². The lowest BCUT2D eigenvalue weighted by Gasteiger charge is -2.31. The van der Waals surface area contributed by atoms with Crippen LogP contribution in [0.5, 0.6) is 11.5 Å². The molecule has 0 unspecified atom stereocenters. The van der Waals surface area contributed by atoms with Gasteiger partial charge in [0.2, 0.25) is 5.91 Å². The van der Waals surface area contributed by atoms with Gasteiger partial charge in [0, 0.05) is 12.6 Å². The number of nitrogens with zero attached hydrogens (tertiary/aromatic N) is 1. The van der Waals surface area contributed by atoms with Crippen LogP contribution in [0.1, 0.15) is 55.7 Å². The number of hydrogen-bond acceptors (Lipinski definition) is 4. The number of amides is 2. The third-order valence-electron chi connectivity index (χ3n) is 6.29. The van der Waals surface area contributed by atoms with Crippen LogP contribution < -0.4 is 14.8 Å². The highest BCUT2D eigenvalue weighted by Gasteiger charge is 2.28. The third kappa shape index (κ3) is 6.98. The van der Waals surface area contributed by atoms with Gasteiger partial charge in [0.1, 0.15) is 17.5 Å². The van der Waals surface area contributed by atoms with E-state index in [1.165, 1.54) is 6.42 Å². The maximum absolute atomic E-state index is 13.3. The van der Waals surface area contributed by atoms with Crippen LogP contribution in [0.4, 0.5) is 0 Å². The van der Waals surface area contributed by atoms with Crippen LogP contribution in [-0.2, 0) is 16.1 Å². The fourth-order valence-corrected chi connectivity index (χ4v) is 4.30. The predicted octanol–water partition coefficient (Wildman–Crippen LogP) is 4.56. The molecule has 1 aliphatic rings. The number of ether oxygens (including phenoxy) is 2. The molecule has 6 nitrogen and oxygen atoms in total. The highest BCUT2D eigenvalue weighted by molar-refractivity contribution is 5.88. The van der Waals surface area contributed by atoms with E-state index in [1.807, 2.05) is 56.3 Å². The van der Waals surface area contributed by atoms with Crippen molar-refractivity contribution in [2.45, 2.75) is 71.5 Å². The topological polar surface area (TPSA) is 67.9 Å². The van der Waals surface area contributed by atoms with Crippen molar-refractivity contribution in [3.63, 3.8) is 0 Å². The fraction of sp³-hybridized carbons (Fsp3) is 0.481. The van der Waals surface area contributed by atoms with E-state index in [1.54, 1.807) is 18.9 Å². The van der Waals surface area contributed by atoms with Gasteiger partial charge in [0.05, 0.1) is 7.11 Å². The molecule has 2 aromatic rings. The molecule has 0 bridgehead atoms. The van der Waals surface area contributed by atoms with Gasteiger partial charge in [-0.1, -0.05) is 49.1 Å². The Labute approximate surface area is 197 Å². The third-order valence-corrected chi connectivity index (χ3v) is 6.29. The molecule has 0 aliphatic heterocycles. The molecule has 33 heavy (non-hydrogen) atoms. The van der Waals surface area contributed by atoms with E-state index in [4.69, 9.17) is 9.47 Å². The van der Waals surface area contributed by atoms with Gasteiger partial charge in [-0.2, -0.15) is 0 Å². The highest BCUT2D eigenvalue weighted by Crippen LogP contribution is 2.21. The Kier molecular flexibility index (Phi) is 8.75. The summed E-state index contributed by atoms with van der Waals surface area (Å²) in [5.74, 6) is 1.04. The summed E-state index contributed by atoms with van der Waals surface area (Å²) in [6, 6.07) is 13.0. The van der Waals surface area contributed by atoms with Crippen molar-refractivity contribution in [3.05, 3.63) is 59.2 Å². The van der Waals surface area contributed by atoms with E-state index in [-0.39, 0.29) is 24.5 Å². The normalized spacial score (nSPS) is 14.9. The lowest BCUT2D eigenvalue weighted by Crippen LogP contribution is -2.51. The van der Waals surface area contributed by atoms with Crippen molar-refractivity contribution in [1.29, 1.82) is 0 Å². The molecular formula is C27H36N2O4. The number of methoxy groups -OCH3 is 1. The Balaban J connectivity index is 1.74. The molecule has 0 spiro atoms. The second-order valence-corrected chi connectivity index (χ2v) is 8.95. The van der Waals surface area contributed by atoms with E-state index in [0.717, 1.165) is 42.4 Å². The number of rotatable bonds is 9. The first-order valence-electron chi connectivity index (χ1n) is 11.8. The average Bonchev–Trinajstić information content (AvgIpc) is 2.82. The van der Waals surface area contributed by atoms with Crippen LogP contribution in [0, 0.1) is 13.8 Å². The summed E-state index contributed by atoms with van der Waals surface area (Å²) in [6.45, 7) is 5.93. The molecule has 3 rings (SSSR count). The van der Waals surface area contributed by atoms with E-state index >= 15 is 0 Å². The zero-order valence-corrected chi connectivity index (χ0v) is 20.2. The molecule has 6 heteroatoms. The van der Waals surface area contributed by atoms with Crippen LogP contribution in [0.2, 0.25) is 0 Å². The van der Waals surface area contributed by atoms with Gasteiger partial charge < -0.3 is 19.7 Å². The Bertz CT molecular complexity index is 953. The van der Waals surface area contributed by atoms with Gasteiger partial charge in [-0.15, -0.1) is 0 Å². The standard InChI is InChI=1S/C27H36N2O4/c1-19-13-14-25(20(2)15-19)33-18-26(30)29(17-22-9-8-12-24(16-22)32-4)21(3)27(31)28-23-10-6-5-7-11-23/h8-9,12-16,21,23H,5-7,10-11,17-18H2,1-4H3,(H,28,31)/t21-/m1/s1. The maximum atomic E-state index is 13.3. The number of aryl methyl sites for hydroxylation is 2. The number of carbonyl (C=O) groups is 2. The lowest BCUT2D eigenvalue weighted by atomic mass is 9.95. The molecule has 0 saturated heterocycles. The number of benzene rings is 2. The molecule has 1 aliphatic carbocycles. The molecule has 1 fully saturated rings. The summed E-state index contributed by atoms with van der Waals surface area (Å²) in [6.07, 6.45) is 5.49. The van der Waals surface area contributed by atoms with Crippen LogP contribution >= 0.6 is 0 Å². The second-order valence-electron chi connectivity index (χ2n) is 8.95. The Morgan fingerprint density at radius 1 is 1.09 bits per heavy atom. The highest BCUT2D eigenvalue weighted by atomic mass is 16.5. The Morgan fingerprint density at radius 3 is 2.55 bits per heavy atom. The van der Waals surface area contributed by atoms with Crippen molar-refractivity contribution in [1.82, 2.24) is 10.2 Å². The number of nitrogens with one attached hydrogen (secondary N) is 1. The molecule has 2 amide bonds. The lowest BCUT2D eigenvalue weighted by molar-refractivity contribution is -0.142. The van der Waals surface area contributed by atoms with Gasteiger partial charge in [0.15, 0.2) is 6.61 Å². The maximum Gasteiger partial charge on any atom is 0.261 e. The fourth-order valence-electron chi connectivity index (χ4n) is 4.30. The van der Waals surface area contributed by atoms with Gasteiger partial charge in [-0.05, 0) is 62.9 Å². The van der Waals surface area contributed by atoms with Gasteiger partial charge >= 0.3 is 0 Å². The molecule has 1 atom stereocenters. The molecular weight excluding hydrogens is 416 g/mol. The second kappa shape index (κ2) is 11.7. The molecule has 0 radical (unpaired) electrons. The molecule has 178 valence electrons. The summed E-state index contributed by atoms with van der Waals surface area (Å²) in [4.78, 5) is 27.9. The molecule has 0 heterocycles. The van der Waals surface area contributed by atoms with Crippen molar-refractivity contribution in [3.8, 4) is 11.5 Å². The minimum absolute atomic E-state index is 0.121. The smallest absolute Gasteiger partial charge is 0.261 e. The molecule has 0 aromatic heterocycles. The molecule has 1 N–H and O–H groups in total. The quantitative estimate of drug-likeness (QED) is 0.606. The van der Waals surface area contributed by atoms with Crippen LogP contribution in [-0.4, -0.2) is 42.5 Å². The zero-order valence-electron chi connectivity index (χ0n) is 20.2. The Hall–Kier alpha value is -3.02. The van der Waals surface area contributed by atoms with Crippen molar-refractivity contribution in [2.75, 3.05) is 13.7 Å². The Morgan fingerprint density at radius 2 is 1.85 bits per heavy atom. The van der Waals surface area contributed by atoms with Gasteiger partial charge in [-0.3, -0.25) is 9.59 Å². The first-order chi connectivity index (χ1) is 15.9. The van der Waals surface area contributed by atoms with Crippen LogP contribution in [0.15, 0.2) is 42.5 Å². The minimum atomic E-state index is -0.617. The first-order valence-corrected chi connectivity index (χ1v) is 11.8. The predicted molar refractivity (Wildman–Crippen MR) is 129 cm³/mol. The van der Waals surface area contributed by atoms with E-state index in [2.05, 4.69) is 5.32 Å². The first kappa shape index (κ1) is 24.6. The van der Waals surface area contributed by atoms with Crippen LogP contribution in [0.3, 0.4) is 0 Å². The van der Waals surface area contributed by atoms with E-state index < -0.39 is 6.04 Å². The summed E-state index contributed by atoms with van der Waals surface area (Å²) in [5, 5.41) is 3.15. The van der Waals surface area contributed by atoms with Gasteiger partial charge in [0.25, 0.3) is 5.91 Å². The van der Waals surface area contributed by atoms with Gasteiger partial charge in [-0.25, -0.2) is 0 Å². The number of carbonyl (C=O) groups excluding carboxylic acids is 2. The van der Waals surface area contributed by atoms with Crippen molar-refractivity contribution < 1.29 is 19.1 Å². The molecule has 2 aromatic carbocycles. The average molecular weight is 453 g/mol. The largest absolute Gasteiger partial charge is 0.497 e. The SMILES string of the molecule is COc1cccc(CN(C(=O)COc2ccc(C)cc2C)[C@H](C)C(=O)NC2CCCCC2)c1. The van der Waals surface area contributed by atoms with E-state index in [9.17, 15) is 9.59 Å². The molecule has 1 saturated carbocycles. The van der Waals surface area contributed by atoms with Crippen molar-refractivity contribution >= 4 is 11.8 Å². The number of hydrogen-bond donors (Lipinski definition) is 1. The van der Waals surface area contributed by atoms with Crippen molar-refractivity contribution in [2.24, 2.45) is 0 Å². The summed E-state index contributed by atoms with van der Waals surface area (Å²) in [5.41, 5.74) is 3.01. The summed E-state index contributed by atoms with van der Waals surface area (Å²) in [7, 11) is 1.61. The summed E-state index contributed by atoms with van der Waals surface area (Å²) < 4.78 is 11.2. The zero-order chi connectivity index (χ0) is 23.8. The minimum Gasteiger partial charge on any atom is -0.497 e. The summed E-state index contributed by atoms with van der Waals surface area (Å²) >= 11 is 0. The monoisotopic (exact) mass is 452 g/mol. The van der Waals surface area contributed by atoms with E-state index in [0.29, 0.717) is 18.0 Å².